The van der Waals surface area contributed by atoms with Crippen molar-refractivity contribution in [1.82, 2.24) is 20.3 Å². The van der Waals surface area contributed by atoms with E-state index in [1.54, 1.807) is 20.0 Å². The molecule has 2 atom stereocenters. The number of hydrogen-bond donors (Lipinski definition) is 2. The summed E-state index contributed by atoms with van der Waals surface area (Å²) in [6.45, 7) is 4.72. The first kappa shape index (κ1) is 24.6. The lowest BCUT2D eigenvalue weighted by Crippen LogP contribution is -2.39. The Bertz CT molecular complexity index is 1230. The van der Waals surface area contributed by atoms with Gasteiger partial charge in [-0.05, 0) is 26.3 Å². The van der Waals surface area contributed by atoms with Gasteiger partial charge < -0.3 is 20.3 Å². The second kappa shape index (κ2) is 10.4. The summed E-state index contributed by atoms with van der Waals surface area (Å²) in [5.41, 5.74) is 0.0881. The van der Waals surface area contributed by atoms with Crippen LogP contribution in [0.1, 0.15) is 42.8 Å². The van der Waals surface area contributed by atoms with Crippen molar-refractivity contribution < 1.29 is 22.7 Å². The molecule has 1 amide bonds. The maximum absolute atomic E-state index is 14.7. The van der Waals surface area contributed by atoms with Gasteiger partial charge in [0.15, 0.2) is 0 Å². The molecule has 1 fully saturated rings. The molecule has 35 heavy (non-hydrogen) atoms. The molecule has 186 valence electrons. The molecule has 2 N–H and O–H groups in total. The molecular formula is C24H27F3N6O2. The number of pyridine rings is 1. The van der Waals surface area contributed by atoms with Crippen LogP contribution in [0.5, 0.6) is 0 Å². The number of nitrogens with one attached hydrogen (secondary N) is 2. The van der Waals surface area contributed by atoms with Crippen molar-refractivity contribution in [3.8, 4) is 0 Å². The predicted octanol–water partition coefficient (Wildman–Crippen LogP) is 3.92. The predicted molar refractivity (Wildman–Crippen MR) is 126 cm³/mol. The fourth-order valence-electron chi connectivity index (χ4n) is 4.26. The molecule has 0 radical (unpaired) electrons. The van der Waals surface area contributed by atoms with Crippen molar-refractivity contribution in [2.45, 2.75) is 38.8 Å². The average Bonchev–Trinajstić information content (AvgIpc) is 3.27. The number of alkyl halides is 2. The van der Waals surface area contributed by atoms with Crippen LogP contribution in [0.15, 0.2) is 30.5 Å². The number of carbonyl (C=O) groups is 1. The fraction of sp³-hybridized carbons (Fsp3) is 0.417. The maximum atomic E-state index is 14.7. The van der Waals surface area contributed by atoms with E-state index >= 15 is 0 Å². The summed E-state index contributed by atoms with van der Waals surface area (Å²) in [7, 11) is 1.47. The van der Waals surface area contributed by atoms with Gasteiger partial charge in [-0.2, -0.15) is 0 Å². The first-order valence-corrected chi connectivity index (χ1v) is 11.3. The number of nitrogens with zero attached hydrogens (tertiary/aromatic N) is 4. The van der Waals surface area contributed by atoms with Crippen LogP contribution in [0.4, 0.5) is 24.8 Å². The number of carbonyl (C=O) groups excluding carboxylic acids is 1. The number of ether oxygens (including phenoxy) is 1. The summed E-state index contributed by atoms with van der Waals surface area (Å²) in [5.74, 6) is 0.534. The Kier molecular flexibility index (Phi) is 7.34. The summed E-state index contributed by atoms with van der Waals surface area (Å²) in [6.07, 6.45) is -0.493. The quantitative estimate of drug-likeness (QED) is 0.497. The summed E-state index contributed by atoms with van der Waals surface area (Å²) >= 11 is 0. The third-order valence-corrected chi connectivity index (χ3v) is 5.95. The second-order valence-electron chi connectivity index (χ2n) is 8.53. The topological polar surface area (TPSA) is 92.3 Å². The third kappa shape index (κ3) is 5.45. The Hall–Kier alpha value is -3.47. The minimum Gasteiger partial charge on any atom is -0.375 e. The molecule has 11 heteroatoms. The molecule has 1 aliphatic heterocycles. The van der Waals surface area contributed by atoms with Gasteiger partial charge in [-0.15, -0.1) is 0 Å². The van der Waals surface area contributed by atoms with Gasteiger partial charge in [0.25, 0.3) is 6.43 Å². The van der Waals surface area contributed by atoms with Crippen LogP contribution in [0.3, 0.4) is 0 Å². The van der Waals surface area contributed by atoms with E-state index in [0.29, 0.717) is 41.5 Å². The molecule has 1 aromatic carbocycles. The SMILES string of the molecule is COCC(=O)N[C@@H]1CCN(c2cc3c(NC(C)c4cccc(C(F)F)c4F)nc(C)nc3cn2)C1. The minimum atomic E-state index is -2.90. The molecule has 1 unspecified atom stereocenters. The second-order valence-corrected chi connectivity index (χ2v) is 8.53. The number of methoxy groups -OCH3 is 1. The highest BCUT2D eigenvalue weighted by molar-refractivity contribution is 5.90. The van der Waals surface area contributed by atoms with E-state index in [0.717, 1.165) is 12.5 Å². The maximum Gasteiger partial charge on any atom is 0.266 e. The lowest BCUT2D eigenvalue weighted by Gasteiger charge is -2.21. The Balaban J connectivity index is 1.59. The lowest BCUT2D eigenvalue weighted by atomic mass is 10.0. The zero-order valence-electron chi connectivity index (χ0n) is 19.7. The van der Waals surface area contributed by atoms with Gasteiger partial charge in [-0.25, -0.2) is 28.1 Å². The molecule has 0 aliphatic carbocycles. The Labute approximate surface area is 200 Å². The van der Waals surface area contributed by atoms with Crippen LogP contribution in [0.2, 0.25) is 0 Å². The number of fused-ring (bicyclic) bond motifs is 1. The minimum absolute atomic E-state index is 0.00937. The van der Waals surface area contributed by atoms with Crippen LogP contribution in [0, 0.1) is 12.7 Å². The molecule has 0 saturated carbocycles. The molecule has 3 aromatic rings. The molecule has 2 aromatic heterocycles. The summed E-state index contributed by atoms with van der Waals surface area (Å²) in [5, 5.41) is 6.77. The van der Waals surface area contributed by atoms with E-state index in [1.807, 2.05) is 6.07 Å². The summed E-state index contributed by atoms with van der Waals surface area (Å²) < 4.78 is 45.9. The van der Waals surface area contributed by atoms with Gasteiger partial charge in [0.05, 0.1) is 23.3 Å². The number of aryl methyl sites for hydroxylation is 1. The van der Waals surface area contributed by atoms with Gasteiger partial charge in [0, 0.05) is 37.2 Å². The summed E-state index contributed by atoms with van der Waals surface area (Å²) in [6, 6.07) is 5.17. The normalized spacial score (nSPS) is 16.7. The highest BCUT2D eigenvalue weighted by Crippen LogP contribution is 2.31. The monoisotopic (exact) mass is 488 g/mol. The molecule has 4 rings (SSSR count). The lowest BCUT2D eigenvalue weighted by molar-refractivity contribution is -0.125. The van der Waals surface area contributed by atoms with Gasteiger partial charge in [-0.3, -0.25) is 4.79 Å². The first-order chi connectivity index (χ1) is 16.8. The van der Waals surface area contributed by atoms with Crippen molar-refractivity contribution in [3.63, 3.8) is 0 Å². The van der Waals surface area contributed by atoms with Crippen molar-refractivity contribution in [2.75, 3.05) is 37.0 Å². The van der Waals surface area contributed by atoms with Gasteiger partial charge in [0.1, 0.15) is 29.9 Å². The number of aromatic nitrogens is 3. The largest absolute Gasteiger partial charge is 0.375 e. The number of hydrogen-bond acceptors (Lipinski definition) is 7. The van der Waals surface area contributed by atoms with Crippen LogP contribution in [-0.4, -0.2) is 53.7 Å². The van der Waals surface area contributed by atoms with Crippen LogP contribution in [-0.2, 0) is 9.53 Å². The molecule has 0 spiro atoms. The molecular weight excluding hydrogens is 461 g/mol. The average molecular weight is 489 g/mol. The van der Waals surface area contributed by atoms with Crippen molar-refractivity contribution >= 4 is 28.4 Å². The first-order valence-electron chi connectivity index (χ1n) is 11.3. The number of rotatable bonds is 8. The highest BCUT2D eigenvalue weighted by Gasteiger charge is 2.26. The Morgan fingerprint density at radius 2 is 2.06 bits per heavy atom. The van der Waals surface area contributed by atoms with E-state index in [1.165, 1.54) is 19.2 Å². The van der Waals surface area contributed by atoms with Gasteiger partial charge in [-0.1, -0.05) is 18.2 Å². The summed E-state index contributed by atoms with van der Waals surface area (Å²) in [4.78, 5) is 27.3. The molecule has 8 nitrogen and oxygen atoms in total. The molecule has 0 bridgehead atoms. The molecule has 1 aliphatic rings. The van der Waals surface area contributed by atoms with E-state index in [-0.39, 0.29) is 24.1 Å². The number of anilines is 2. The highest BCUT2D eigenvalue weighted by atomic mass is 19.3. The third-order valence-electron chi connectivity index (χ3n) is 5.95. The fourth-order valence-corrected chi connectivity index (χ4v) is 4.26. The van der Waals surface area contributed by atoms with Crippen LogP contribution < -0.4 is 15.5 Å². The number of benzene rings is 1. The van der Waals surface area contributed by atoms with E-state index < -0.39 is 23.8 Å². The van der Waals surface area contributed by atoms with Gasteiger partial charge in [0.2, 0.25) is 5.91 Å². The Morgan fingerprint density at radius 1 is 1.29 bits per heavy atom. The zero-order valence-corrected chi connectivity index (χ0v) is 19.7. The number of amides is 1. The molecule has 1 saturated heterocycles. The van der Waals surface area contributed by atoms with E-state index in [9.17, 15) is 18.0 Å². The number of halogens is 3. The van der Waals surface area contributed by atoms with Crippen molar-refractivity contribution in [3.05, 3.63) is 53.2 Å². The zero-order chi connectivity index (χ0) is 25.1. The standard InChI is InChI=1S/C24H27F3N6O2/c1-13(16-5-4-6-17(22(16)25)23(26)27)29-24-18-9-20(28-10-19(18)30-14(2)31-24)33-8-7-15(11-33)32-21(34)12-35-3/h4-6,9-10,13,15,23H,7-8,11-12H2,1-3H3,(H,32,34)(H,29,30,31)/t13?,15-/m1/s1. The molecule has 3 heterocycles. The Morgan fingerprint density at radius 3 is 2.80 bits per heavy atom. The van der Waals surface area contributed by atoms with Gasteiger partial charge >= 0.3 is 0 Å². The van der Waals surface area contributed by atoms with E-state index in [2.05, 4.69) is 30.5 Å². The van der Waals surface area contributed by atoms with Crippen molar-refractivity contribution in [1.29, 1.82) is 0 Å². The van der Waals surface area contributed by atoms with Crippen LogP contribution >= 0.6 is 0 Å². The van der Waals surface area contributed by atoms with Crippen molar-refractivity contribution in [2.24, 2.45) is 0 Å². The van der Waals surface area contributed by atoms with E-state index in [4.69, 9.17) is 4.74 Å². The van der Waals surface area contributed by atoms with Crippen LogP contribution in [0.25, 0.3) is 10.9 Å². The smallest absolute Gasteiger partial charge is 0.266 e.